The predicted octanol–water partition coefficient (Wildman–Crippen LogP) is 5.13. The van der Waals surface area contributed by atoms with Crippen LogP contribution in [0.25, 0.3) is 11.1 Å². The molecular formula is C14H9ClF3. The number of rotatable bonds is 1. The van der Waals surface area contributed by atoms with Gasteiger partial charge < -0.3 is 0 Å². The van der Waals surface area contributed by atoms with Gasteiger partial charge >= 0.3 is 6.18 Å². The number of benzene rings is 2. The Balaban J connectivity index is 2.55. The Morgan fingerprint density at radius 2 is 1.89 bits per heavy atom. The van der Waals surface area contributed by atoms with Gasteiger partial charge in [0.1, 0.15) is 0 Å². The molecule has 0 aliphatic rings. The van der Waals surface area contributed by atoms with Crippen LogP contribution in [0.3, 0.4) is 0 Å². The van der Waals surface area contributed by atoms with Crippen molar-refractivity contribution in [1.82, 2.24) is 0 Å². The molecule has 0 nitrogen and oxygen atoms in total. The smallest absolute Gasteiger partial charge is 0.166 e. The van der Waals surface area contributed by atoms with Crippen LogP contribution in [0.1, 0.15) is 11.1 Å². The molecule has 93 valence electrons. The first-order chi connectivity index (χ1) is 8.38. The van der Waals surface area contributed by atoms with Crippen LogP contribution >= 0.6 is 11.6 Å². The Morgan fingerprint density at radius 1 is 1.17 bits per heavy atom. The average molecular weight is 270 g/mol. The van der Waals surface area contributed by atoms with Crippen LogP contribution in [0.15, 0.2) is 36.4 Å². The zero-order valence-corrected chi connectivity index (χ0v) is 10.2. The summed E-state index contributed by atoms with van der Waals surface area (Å²) in [5.74, 6) is 0. The Labute approximate surface area is 108 Å². The van der Waals surface area contributed by atoms with E-state index < -0.39 is 11.7 Å². The third kappa shape index (κ3) is 2.67. The lowest BCUT2D eigenvalue weighted by molar-refractivity contribution is -0.137. The maximum Gasteiger partial charge on any atom is 0.416 e. The van der Waals surface area contributed by atoms with Crippen molar-refractivity contribution in [3.63, 3.8) is 0 Å². The van der Waals surface area contributed by atoms with Gasteiger partial charge in [-0.15, -0.1) is 0 Å². The fourth-order valence-electron chi connectivity index (χ4n) is 1.71. The highest BCUT2D eigenvalue weighted by Gasteiger charge is 2.30. The van der Waals surface area contributed by atoms with Crippen molar-refractivity contribution in [1.29, 1.82) is 0 Å². The van der Waals surface area contributed by atoms with Crippen molar-refractivity contribution in [2.45, 2.75) is 13.1 Å². The minimum atomic E-state index is -4.34. The summed E-state index contributed by atoms with van der Waals surface area (Å²) in [7, 11) is 0. The van der Waals surface area contributed by atoms with Gasteiger partial charge in [0.2, 0.25) is 0 Å². The van der Waals surface area contributed by atoms with Crippen LogP contribution in [0.2, 0.25) is 5.02 Å². The first kappa shape index (κ1) is 13.0. The summed E-state index contributed by atoms with van der Waals surface area (Å²) in [6.45, 7) is 1.78. The standard InChI is InChI=1S/C14H9ClF3/c1-9-5-6-12(15)8-13(9)10-3-2-4-11(7-10)14(16,17)18/h2-4,6-8H,1H3. The van der Waals surface area contributed by atoms with Gasteiger partial charge in [0.25, 0.3) is 0 Å². The summed E-state index contributed by atoms with van der Waals surface area (Å²) >= 11 is 5.84. The molecule has 0 unspecified atom stereocenters. The van der Waals surface area contributed by atoms with E-state index in [9.17, 15) is 13.2 Å². The molecule has 0 aliphatic carbocycles. The van der Waals surface area contributed by atoms with Crippen molar-refractivity contribution in [2.75, 3.05) is 0 Å². The maximum absolute atomic E-state index is 12.6. The second kappa shape index (κ2) is 4.65. The molecule has 0 saturated heterocycles. The number of aryl methyl sites for hydroxylation is 1. The van der Waals surface area contributed by atoms with Crippen molar-refractivity contribution in [3.05, 3.63) is 58.6 Å². The summed E-state index contributed by atoms with van der Waals surface area (Å²) < 4.78 is 37.9. The van der Waals surface area contributed by atoms with E-state index in [2.05, 4.69) is 6.07 Å². The zero-order valence-electron chi connectivity index (χ0n) is 9.48. The van der Waals surface area contributed by atoms with Crippen LogP contribution in [0.5, 0.6) is 0 Å². The highest BCUT2D eigenvalue weighted by molar-refractivity contribution is 6.30. The lowest BCUT2D eigenvalue weighted by atomic mass is 9.99. The van der Waals surface area contributed by atoms with E-state index in [4.69, 9.17) is 11.6 Å². The first-order valence-corrected chi connectivity index (χ1v) is 5.61. The third-order valence-corrected chi connectivity index (χ3v) is 2.83. The molecule has 0 saturated carbocycles. The highest BCUT2D eigenvalue weighted by Crippen LogP contribution is 2.33. The Kier molecular flexibility index (Phi) is 3.35. The lowest BCUT2D eigenvalue weighted by Crippen LogP contribution is -2.04. The molecule has 0 spiro atoms. The molecule has 0 heterocycles. The summed E-state index contributed by atoms with van der Waals surface area (Å²) in [6.07, 6.45) is -4.34. The van der Waals surface area contributed by atoms with Crippen LogP contribution in [0, 0.1) is 13.0 Å². The van der Waals surface area contributed by atoms with Crippen molar-refractivity contribution in [3.8, 4) is 11.1 Å². The number of hydrogen-bond acceptors (Lipinski definition) is 0. The molecule has 1 radical (unpaired) electrons. The van der Waals surface area contributed by atoms with E-state index in [0.717, 1.165) is 17.7 Å². The highest BCUT2D eigenvalue weighted by atomic mass is 35.5. The van der Waals surface area contributed by atoms with E-state index in [1.807, 2.05) is 0 Å². The molecule has 0 amide bonds. The fourth-order valence-corrected chi connectivity index (χ4v) is 1.87. The molecule has 4 heteroatoms. The van der Waals surface area contributed by atoms with Gasteiger partial charge in [0.05, 0.1) is 5.56 Å². The van der Waals surface area contributed by atoms with Crippen LogP contribution in [-0.2, 0) is 6.18 Å². The van der Waals surface area contributed by atoms with Crippen molar-refractivity contribution in [2.24, 2.45) is 0 Å². The topological polar surface area (TPSA) is 0 Å². The monoisotopic (exact) mass is 269 g/mol. The number of halogens is 4. The van der Waals surface area contributed by atoms with E-state index in [1.165, 1.54) is 6.07 Å². The maximum atomic E-state index is 12.6. The third-order valence-electron chi connectivity index (χ3n) is 2.61. The van der Waals surface area contributed by atoms with E-state index in [0.29, 0.717) is 16.1 Å². The molecule has 0 fully saturated rings. The molecular weight excluding hydrogens is 261 g/mol. The van der Waals surface area contributed by atoms with Crippen LogP contribution in [0.4, 0.5) is 13.2 Å². The van der Waals surface area contributed by atoms with Crippen LogP contribution < -0.4 is 0 Å². The van der Waals surface area contributed by atoms with Gasteiger partial charge in [-0.2, -0.15) is 13.2 Å². The zero-order chi connectivity index (χ0) is 13.3. The van der Waals surface area contributed by atoms with E-state index >= 15 is 0 Å². The van der Waals surface area contributed by atoms with Gasteiger partial charge in [0.15, 0.2) is 0 Å². The summed E-state index contributed by atoms with van der Waals surface area (Å²) in [4.78, 5) is 0. The molecule has 0 N–H and O–H groups in total. The Bertz CT molecular complexity index is 573. The van der Waals surface area contributed by atoms with Crippen molar-refractivity contribution < 1.29 is 13.2 Å². The lowest BCUT2D eigenvalue weighted by Gasteiger charge is -2.10. The summed E-state index contributed by atoms with van der Waals surface area (Å²) in [5.41, 5.74) is 1.24. The second-order valence-electron chi connectivity index (χ2n) is 3.94. The minimum Gasteiger partial charge on any atom is -0.166 e. The van der Waals surface area contributed by atoms with E-state index in [1.54, 1.807) is 25.1 Å². The quantitative estimate of drug-likeness (QED) is 0.673. The molecule has 0 aliphatic heterocycles. The minimum absolute atomic E-state index is 0.452. The predicted molar refractivity (Wildman–Crippen MR) is 65.5 cm³/mol. The number of hydrogen-bond donors (Lipinski definition) is 0. The molecule has 18 heavy (non-hydrogen) atoms. The molecule has 2 rings (SSSR count). The van der Waals surface area contributed by atoms with Gasteiger partial charge in [-0.1, -0.05) is 23.7 Å². The van der Waals surface area contributed by atoms with Gasteiger partial charge in [-0.05, 0) is 53.9 Å². The first-order valence-electron chi connectivity index (χ1n) is 5.23. The largest absolute Gasteiger partial charge is 0.416 e. The number of alkyl halides is 3. The molecule has 0 atom stereocenters. The normalized spacial score (nSPS) is 11.6. The summed E-state index contributed by atoms with van der Waals surface area (Å²) in [6, 6.07) is 11.3. The molecule has 0 bridgehead atoms. The van der Waals surface area contributed by atoms with Crippen LogP contribution in [-0.4, -0.2) is 0 Å². The van der Waals surface area contributed by atoms with E-state index in [-0.39, 0.29) is 0 Å². The average Bonchev–Trinajstić information content (AvgIpc) is 2.31. The van der Waals surface area contributed by atoms with Gasteiger partial charge in [-0.3, -0.25) is 0 Å². The Hall–Kier alpha value is -1.48. The summed E-state index contributed by atoms with van der Waals surface area (Å²) in [5, 5.41) is 0.452. The second-order valence-corrected chi connectivity index (χ2v) is 4.37. The Morgan fingerprint density at radius 3 is 2.56 bits per heavy atom. The fraction of sp³-hybridized carbons (Fsp3) is 0.143. The SMILES string of the molecule is Cc1[c]cc(Cl)cc1-c1cccc(C(F)(F)F)c1. The molecule has 0 aromatic heterocycles. The molecule has 2 aromatic rings. The van der Waals surface area contributed by atoms with Gasteiger partial charge in [-0.25, -0.2) is 0 Å². The molecule has 2 aromatic carbocycles. The van der Waals surface area contributed by atoms with Gasteiger partial charge in [0, 0.05) is 5.02 Å². The van der Waals surface area contributed by atoms with Crippen molar-refractivity contribution >= 4 is 11.6 Å².